The van der Waals surface area contributed by atoms with E-state index in [-0.39, 0.29) is 6.54 Å². The first kappa shape index (κ1) is 16.8. The van der Waals surface area contributed by atoms with Gasteiger partial charge in [-0.05, 0) is 38.8 Å². The zero-order chi connectivity index (χ0) is 15.3. The second-order valence-electron chi connectivity index (χ2n) is 5.16. The molecule has 0 saturated carbocycles. The molecule has 0 aliphatic rings. The third-order valence-corrected chi connectivity index (χ3v) is 3.07. The van der Waals surface area contributed by atoms with Crippen LogP contribution in [-0.4, -0.2) is 51.1 Å². The molecule has 0 bridgehead atoms. The summed E-state index contributed by atoms with van der Waals surface area (Å²) in [4.78, 5) is 3.90. The van der Waals surface area contributed by atoms with Gasteiger partial charge in [0.2, 0.25) is 0 Å². The molecule has 1 aromatic carbocycles. The van der Waals surface area contributed by atoms with Crippen molar-refractivity contribution in [3.05, 3.63) is 29.3 Å². The van der Waals surface area contributed by atoms with Crippen LogP contribution in [0.15, 0.2) is 18.2 Å². The van der Waals surface area contributed by atoms with Crippen molar-refractivity contribution in [3.63, 3.8) is 0 Å². The molecule has 0 aromatic heterocycles. The summed E-state index contributed by atoms with van der Waals surface area (Å²) < 4.78 is 39.2. The van der Waals surface area contributed by atoms with Gasteiger partial charge in [0.25, 0.3) is 0 Å². The lowest BCUT2D eigenvalue weighted by Gasteiger charge is -2.22. The Bertz CT molecular complexity index is 430. The van der Waals surface area contributed by atoms with Crippen LogP contribution in [0.25, 0.3) is 0 Å². The average molecular weight is 289 g/mol. The summed E-state index contributed by atoms with van der Waals surface area (Å²) >= 11 is 0. The summed E-state index contributed by atoms with van der Waals surface area (Å²) in [6.45, 7) is 1.82. The Kier molecular flexibility index (Phi) is 5.83. The van der Waals surface area contributed by atoms with Crippen molar-refractivity contribution in [2.24, 2.45) is 0 Å². The second kappa shape index (κ2) is 6.95. The third-order valence-electron chi connectivity index (χ3n) is 3.07. The molecular formula is C14H22F3N3. The first-order valence-electron chi connectivity index (χ1n) is 6.45. The lowest BCUT2D eigenvalue weighted by molar-refractivity contribution is -0.138. The Balaban J connectivity index is 2.88. The van der Waals surface area contributed by atoms with Gasteiger partial charge in [-0.15, -0.1) is 0 Å². The summed E-state index contributed by atoms with van der Waals surface area (Å²) in [6, 6.07) is 4.38. The van der Waals surface area contributed by atoms with E-state index < -0.39 is 11.7 Å². The van der Waals surface area contributed by atoms with Gasteiger partial charge in [0.1, 0.15) is 0 Å². The molecule has 20 heavy (non-hydrogen) atoms. The Morgan fingerprint density at radius 3 is 2.25 bits per heavy atom. The van der Waals surface area contributed by atoms with Crippen LogP contribution in [0, 0.1) is 0 Å². The highest BCUT2D eigenvalue weighted by Crippen LogP contribution is 2.34. The molecule has 114 valence electrons. The maximum absolute atomic E-state index is 13.1. The third kappa shape index (κ3) is 5.02. The van der Waals surface area contributed by atoms with E-state index in [1.54, 1.807) is 19.2 Å². The van der Waals surface area contributed by atoms with E-state index in [9.17, 15) is 13.2 Å². The fourth-order valence-electron chi connectivity index (χ4n) is 1.87. The quantitative estimate of drug-likeness (QED) is 0.868. The largest absolute Gasteiger partial charge is 0.416 e. The Morgan fingerprint density at radius 2 is 1.75 bits per heavy atom. The van der Waals surface area contributed by atoms with Gasteiger partial charge in [0.05, 0.1) is 5.56 Å². The highest BCUT2D eigenvalue weighted by molar-refractivity contribution is 5.49. The van der Waals surface area contributed by atoms with E-state index in [2.05, 4.69) is 5.32 Å². The van der Waals surface area contributed by atoms with Crippen LogP contribution in [0.3, 0.4) is 0 Å². The van der Waals surface area contributed by atoms with Crippen molar-refractivity contribution < 1.29 is 13.2 Å². The van der Waals surface area contributed by atoms with E-state index >= 15 is 0 Å². The fraction of sp³-hybridized carbons (Fsp3) is 0.571. The van der Waals surface area contributed by atoms with Crippen LogP contribution >= 0.6 is 0 Å². The van der Waals surface area contributed by atoms with Gasteiger partial charge in [0.15, 0.2) is 0 Å². The van der Waals surface area contributed by atoms with E-state index in [1.165, 1.54) is 0 Å². The summed E-state index contributed by atoms with van der Waals surface area (Å²) in [5, 5.41) is 2.74. The monoisotopic (exact) mass is 289 g/mol. The second-order valence-corrected chi connectivity index (χ2v) is 5.16. The van der Waals surface area contributed by atoms with Crippen molar-refractivity contribution in [2.45, 2.75) is 12.7 Å². The Labute approximate surface area is 118 Å². The number of hydrogen-bond acceptors (Lipinski definition) is 3. The molecule has 0 aliphatic carbocycles. The predicted molar refractivity (Wildman–Crippen MR) is 75.9 cm³/mol. The van der Waals surface area contributed by atoms with Crippen LogP contribution in [-0.2, 0) is 12.7 Å². The normalized spacial score (nSPS) is 12.2. The predicted octanol–water partition coefficient (Wildman–Crippen LogP) is 2.74. The van der Waals surface area contributed by atoms with Gasteiger partial charge in [-0.1, -0.05) is 6.07 Å². The number of hydrogen-bond donors (Lipinski definition) is 1. The molecule has 1 N–H and O–H groups in total. The van der Waals surface area contributed by atoms with E-state index in [0.29, 0.717) is 11.3 Å². The molecule has 0 amide bonds. The maximum atomic E-state index is 13.1. The van der Waals surface area contributed by atoms with Crippen molar-refractivity contribution >= 4 is 5.69 Å². The van der Waals surface area contributed by atoms with Crippen LogP contribution in [0.4, 0.5) is 18.9 Å². The average Bonchev–Trinajstić information content (AvgIpc) is 2.35. The van der Waals surface area contributed by atoms with Crippen molar-refractivity contribution in [1.82, 2.24) is 9.80 Å². The molecule has 0 aliphatic heterocycles. The lowest BCUT2D eigenvalue weighted by Crippen LogP contribution is -2.29. The minimum Gasteiger partial charge on any atom is -0.388 e. The number of benzene rings is 1. The minimum atomic E-state index is -4.33. The Morgan fingerprint density at radius 1 is 1.10 bits per heavy atom. The summed E-state index contributed by atoms with van der Waals surface area (Å²) in [7, 11) is 7.32. The molecule has 1 rings (SSSR count). The lowest BCUT2D eigenvalue weighted by atomic mass is 10.1. The molecule has 0 radical (unpaired) electrons. The number of alkyl halides is 3. The van der Waals surface area contributed by atoms with Crippen LogP contribution in [0.1, 0.15) is 11.1 Å². The van der Waals surface area contributed by atoms with Gasteiger partial charge in [0, 0.05) is 32.4 Å². The highest BCUT2D eigenvalue weighted by atomic mass is 19.4. The van der Waals surface area contributed by atoms with E-state index in [1.807, 2.05) is 30.9 Å². The molecular weight excluding hydrogens is 267 g/mol. The minimum absolute atomic E-state index is 0.284. The summed E-state index contributed by atoms with van der Waals surface area (Å²) in [5.74, 6) is 0. The fourth-order valence-corrected chi connectivity index (χ4v) is 1.87. The van der Waals surface area contributed by atoms with Crippen molar-refractivity contribution in [2.75, 3.05) is 46.6 Å². The summed E-state index contributed by atoms with van der Waals surface area (Å²) in [6.07, 6.45) is -4.33. The Hall–Kier alpha value is -1.27. The zero-order valence-electron chi connectivity index (χ0n) is 12.4. The standard InChI is InChI=1S/C14H22F3N3/c1-18-12-6-5-11(13(9-12)14(15,16)17)10-20(4)8-7-19(2)3/h5-6,9,18H,7-8,10H2,1-4H3. The molecule has 0 spiro atoms. The SMILES string of the molecule is CNc1ccc(CN(C)CCN(C)C)c(C(F)(F)F)c1. The summed E-state index contributed by atoms with van der Waals surface area (Å²) in [5.41, 5.74) is 0.204. The molecule has 0 unspecified atom stereocenters. The molecule has 6 heteroatoms. The topological polar surface area (TPSA) is 18.5 Å². The maximum Gasteiger partial charge on any atom is 0.416 e. The molecule has 0 saturated heterocycles. The number of anilines is 1. The number of rotatable bonds is 6. The van der Waals surface area contributed by atoms with E-state index in [0.717, 1.165) is 19.2 Å². The molecule has 1 aromatic rings. The molecule has 0 heterocycles. The number of likely N-dealkylation sites (N-methyl/N-ethyl adjacent to an activating group) is 2. The van der Waals surface area contributed by atoms with Gasteiger partial charge in [-0.2, -0.15) is 13.2 Å². The van der Waals surface area contributed by atoms with Gasteiger partial charge in [-0.3, -0.25) is 0 Å². The highest BCUT2D eigenvalue weighted by Gasteiger charge is 2.33. The van der Waals surface area contributed by atoms with E-state index in [4.69, 9.17) is 0 Å². The van der Waals surface area contributed by atoms with Crippen molar-refractivity contribution in [1.29, 1.82) is 0 Å². The van der Waals surface area contributed by atoms with Crippen LogP contribution in [0.2, 0.25) is 0 Å². The molecule has 0 fully saturated rings. The first-order chi connectivity index (χ1) is 9.24. The first-order valence-corrected chi connectivity index (χ1v) is 6.45. The van der Waals surface area contributed by atoms with Crippen LogP contribution < -0.4 is 5.32 Å². The van der Waals surface area contributed by atoms with Gasteiger partial charge >= 0.3 is 6.18 Å². The van der Waals surface area contributed by atoms with Gasteiger partial charge in [-0.25, -0.2) is 0 Å². The van der Waals surface area contributed by atoms with Crippen molar-refractivity contribution in [3.8, 4) is 0 Å². The number of nitrogens with one attached hydrogen (secondary N) is 1. The molecule has 0 atom stereocenters. The molecule has 3 nitrogen and oxygen atoms in total. The number of nitrogens with zero attached hydrogens (tertiary/aromatic N) is 2. The smallest absolute Gasteiger partial charge is 0.388 e. The zero-order valence-corrected chi connectivity index (χ0v) is 12.4. The van der Waals surface area contributed by atoms with Crippen LogP contribution in [0.5, 0.6) is 0 Å². The number of halogens is 3. The van der Waals surface area contributed by atoms with Gasteiger partial charge < -0.3 is 15.1 Å².